The number of phenolic OH excluding ortho intramolecular Hbond substituents is 1. The first kappa shape index (κ1) is 10.2. The van der Waals surface area contributed by atoms with Crippen LogP contribution < -0.4 is 0 Å². The highest BCUT2D eigenvalue weighted by Crippen LogP contribution is 2.10. The molecule has 0 atom stereocenters. The zero-order valence-electron chi connectivity index (χ0n) is 7.69. The van der Waals surface area contributed by atoms with Crippen molar-refractivity contribution in [3.05, 3.63) is 29.8 Å². The molecule has 4 nitrogen and oxygen atoms in total. The molecule has 0 aliphatic rings. The zero-order valence-corrected chi connectivity index (χ0v) is 7.69. The lowest BCUT2D eigenvalue weighted by molar-refractivity contribution is -0.120. The lowest BCUT2D eigenvalue weighted by atomic mass is 10.2. The Morgan fingerprint density at radius 3 is 2.36 bits per heavy atom. The lowest BCUT2D eigenvalue weighted by Crippen LogP contribution is -2.11. The number of carbonyl (C=O) groups is 2. The third-order valence-corrected chi connectivity index (χ3v) is 1.51. The molecule has 0 saturated carbocycles. The molecule has 0 spiro atoms. The summed E-state index contributed by atoms with van der Waals surface area (Å²) in [5.74, 6) is -0.703. The van der Waals surface area contributed by atoms with Crippen LogP contribution >= 0.6 is 0 Å². The van der Waals surface area contributed by atoms with Crippen molar-refractivity contribution in [1.82, 2.24) is 0 Å². The maximum absolute atomic E-state index is 11.2. The van der Waals surface area contributed by atoms with E-state index in [1.807, 2.05) is 0 Å². The minimum atomic E-state index is -0.569. The number of aromatic hydroxyl groups is 1. The van der Waals surface area contributed by atoms with E-state index < -0.39 is 5.97 Å². The van der Waals surface area contributed by atoms with Gasteiger partial charge >= 0.3 is 5.97 Å². The topological polar surface area (TPSA) is 63.6 Å². The third kappa shape index (κ3) is 2.90. The molecule has 1 aromatic carbocycles. The molecule has 0 aliphatic heterocycles. The second-order valence-electron chi connectivity index (χ2n) is 2.83. The minimum absolute atomic E-state index is 0.0770. The Labute approximate surface area is 81.1 Å². The lowest BCUT2D eigenvalue weighted by Gasteiger charge is -2.01. The molecule has 1 N–H and O–H groups in total. The first-order valence-corrected chi connectivity index (χ1v) is 4.05. The summed E-state index contributed by atoms with van der Waals surface area (Å²) < 4.78 is 4.66. The standard InChI is InChI=1S/C10H10O4/c1-7(11)6-14-10(13)8-2-4-9(12)5-3-8/h2-5,12H,6H2,1H3. The first-order valence-electron chi connectivity index (χ1n) is 4.05. The Morgan fingerprint density at radius 1 is 1.29 bits per heavy atom. The third-order valence-electron chi connectivity index (χ3n) is 1.51. The van der Waals surface area contributed by atoms with Crippen LogP contribution in [-0.2, 0) is 9.53 Å². The van der Waals surface area contributed by atoms with Crippen molar-refractivity contribution in [3.8, 4) is 5.75 Å². The number of rotatable bonds is 3. The van der Waals surface area contributed by atoms with E-state index in [9.17, 15) is 9.59 Å². The molecule has 74 valence electrons. The van der Waals surface area contributed by atoms with Gasteiger partial charge < -0.3 is 9.84 Å². The fourth-order valence-electron chi connectivity index (χ4n) is 0.848. The SMILES string of the molecule is CC(=O)COC(=O)c1ccc(O)cc1. The molecule has 0 saturated heterocycles. The van der Waals surface area contributed by atoms with Crippen LogP contribution in [-0.4, -0.2) is 23.5 Å². The predicted octanol–water partition coefficient (Wildman–Crippen LogP) is 1.14. The molecule has 14 heavy (non-hydrogen) atoms. The van der Waals surface area contributed by atoms with E-state index in [0.717, 1.165) is 0 Å². The maximum Gasteiger partial charge on any atom is 0.338 e. The van der Waals surface area contributed by atoms with Crippen LogP contribution in [0.15, 0.2) is 24.3 Å². The molecule has 1 rings (SSSR count). The average molecular weight is 194 g/mol. The first-order chi connectivity index (χ1) is 6.59. The van der Waals surface area contributed by atoms with E-state index in [1.165, 1.54) is 31.2 Å². The van der Waals surface area contributed by atoms with E-state index in [4.69, 9.17) is 5.11 Å². The van der Waals surface area contributed by atoms with E-state index in [2.05, 4.69) is 4.74 Å². The average Bonchev–Trinajstić information content (AvgIpc) is 2.15. The molecule has 0 unspecified atom stereocenters. The van der Waals surface area contributed by atoms with E-state index in [-0.39, 0.29) is 18.1 Å². The molecule has 4 heteroatoms. The Balaban J connectivity index is 2.61. The summed E-state index contributed by atoms with van der Waals surface area (Å²) >= 11 is 0. The van der Waals surface area contributed by atoms with Crippen molar-refractivity contribution in [2.24, 2.45) is 0 Å². The van der Waals surface area contributed by atoms with Gasteiger partial charge in [-0.2, -0.15) is 0 Å². The summed E-state index contributed by atoms with van der Waals surface area (Å²) in [5, 5.41) is 8.95. The smallest absolute Gasteiger partial charge is 0.338 e. The normalized spacial score (nSPS) is 9.50. The highest BCUT2D eigenvalue weighted by Gasteiger charge is 2.07. The van der Waals surface area contributed by atoms with Gasteiger partial charge in [-0.1, -0.05) is 0 Å². The molecule has 0 radical (unpaired) electrons. The van der Waals surface area contributed by atoms with Gasteiger partial charge in [-0.15, -0.1) is 0 Å². The van der Waals surface area contributed by atoms with Gasteiger partial charge in [-0.25, -0.2) is 4.79 Å². The predicted molar refractivity (Wildman–Crippen MR) is 49.1 cm³/mol. The summed E-state index contributed by atoms with van der Waals surface area (Å²) in [7, 11) is 0. The van der Waals surface area contributed by atoms with Gasteiger partial charge in [0.05, 0.1) is 5.56 Å². The summed E-state index contributed by atoms with van der Waals surface area (Å²) in [5.41, 5.74) is 0.309. The number of hydrogen-bond acceptors (Lipinski definition) is 4. The number of benzene rings is 1. The zero-order chi connectivity index (χ0) is 10.6. The fraction of sp³-hybridized carbons (Fsp3) is 0.200. The molecule has 0 aliphatic carbocycles. The fourth-order valence-corrected chi connectivity index (χ4v) is 0.848. The number of carbonyl (C=O) groups excluding carboxylic acids is 2. The molecule has 0 aromatic heterocycles. The molecule has 0 bridgehead atoms. The van der Waals surface area contributed by atoms with Gasteiger partial charge in [0.15, 0.2) is 5.78 Å². The van der Waals surface area contributed by atoms with Gasteiger partial charge in [0.25, 0.3) is 0 Å². The number of hydrogen-bond donors (Lipinski definition) is 1. The minimum Gasteiger partial charge on any atom is -0.508 e. The molecule has 0 heterocycles. The van der Waals surface area contributed by atoms with Gasteiger partial charge in [-0.3, -0.25) is 4.79 Å². The molecular formula is C10H10O4. The Bertz CT molecular complexity index is 340. The van der Waals surface area contributed by atoms with E-state index >= 15 is 0 Å². The van der Waals surface area contributed by atoms with Crippen LogP contribution in [0.1, 0.15) is 17.3 Å². The van der Waals surface area contributed by atoms with Crippen LogP contribution in [0, 0.1) is 0 Å². The van der Waals surface area contributed by atoms with Crippen molar-refractivity contribution < 1.29 is 19.4 Å². The van der Waals surface area contributed by atoms with Gasteiger partial charge in [0, 0.05) is 0 Å². The Hall–Kier alpha value is -1.84. The second-order valence-corrected chi connectivity index (χ2v) is 2.83. The number of ether oxygens (including phenoxy) is 1. The van der Waals surface area contributed by atoms with Crippen molar-refractivity contribution in [3.63, 3.8) is 0 Å². The highest BCUT2D eigenvalue weighted by atomic mass is 16.5. The van der Waals surface area contributed by atoms with Crippen molar-refractivity contribution >= 4 is 11.8 Å². The van der Waals surface area contributed by atoms with Crippen molar-refractivity contribution in [2.45, 2.75) is 6.92 Å². The van der Waals surface area contributed by atoms with E-state index in [0.29, 0.717) is 5.56 Å². The highest BCUT2D eigenvalue weighted by molar-refractivity contribution is 5.91. The number of ketones is 1. The maximum atomic E-state index is 11.2. The number of esters is 1. The van der Waals surface area contributed by atoms with Gasteiger partial charge in [-0.05, 0) is 31.2 Å². The van der Waals surface area contributed by atoms with Crippen molar-refractivity contribution in [1.29, 1.82) is 0 Å². The second kappa shape index (κ2) is 4.41. The summed E-state index contributed by atoms with van der Waals surface area (Å²) in [4.78, 5) is 21.7. The summed E-state index contributed by atoms with van der Waals surface area (Å²) in [6.07, 6.45) is 0. The van der Waals surface area contributed by atoms with Gasteiger partial charge in [0.2, 0.25) is 0 Å². The van der Waals surface area contributed by atoms with Crippen LogP contribution in [0.4, 0.5) is 0 Å². The molecular weight excluding hydrogens is 184 g/mol. The quantitative estimate of drug-likeness (QED) is 0.733. The van der Waals surface area contributed by atoms with Gasteiger partial charge in [0.1, 0.15) is 12.4 Å². The molecule has 0 amide bonds. The van der Waals surface area contributed by atoms with Crippen LogP contribution in [0.25, 0.3) is 0 Å². The van der Waals surface area contributed by atoms with Crippen LogP contribution in [0.5, 0.6) is 5.75 Å². The molecule has 1 aromatic rings. The number of Topliss-reactive ketones (excluding diaryl/α,β-unsaturated/α-hetero) is 1. The summed E-state index contributed by atoms with van der Waals surface area (Å²) in [6.45, 7) is 1.11. The number of phenols is 1. The Morgan fingerprint density at radius 2 is 1.86 bits per heavy atom. The van der Waals surface area contributed by atoms with Crippen LogP contribution in [0.2, 0.25) is 0 Å². The molecule has 0 fully saturated rings. The largest absolute Gasteiger partial charge is 0.508 e. The van der Waals surface area contributed by atoms with Crippen LogP contribution in [0.3, 0.4) is 0 Å². The Kier molecular flexibility index (Phi) is 3.23. The monoisotopic (exact) mass is 194 g/mol. The van der Waals surface area contributed by atoms with E-state index in [1.54, 1.807) is 0 Å². The summed E-state index contributed by atoms with van der Waals surface area (Å²) in [6, 6.07) is 5.62. The van der Waals surface area contributed by atoms with Crippen molar-refractivity contribution in [2.75, 3.05) is 6.61 Å².